The van der Waals surface area contributed by atoms with Gasteiger partial charge in [-0.25, -0.2) is 9.97 Å². The number of non-ortho nitro benzene ring substituents is 1. The van der Waals surface area contributed by atoms with E-state index < -0.39 is 10.2 Å². The Bertz CT molecular complexity index is 879. The zero-order valence-corrected chi connectivity index (χ0v) is 14.6. The minimum absolute atomic E-state index is 0.105. The molecule has 128 valence electrons. The van der Waals surface area contributed by atoms with Gasteiger partial charge in [-0.1, -0.05) is 17.8 Å². The number of amides is 1. The van der Waals surface area contributed by atoms with E-state index >= 15 is 0 Å². The van der Waals surface area contributed by atoms with Gasteiger partial charge < -0.3 is 5.32 Å². The lowest BCUT2D eigenvalue weighted by atomic mass is 10.2. The van der Waals surface area contributed by atoms with Gasteiger partial charge >= 0.3 is 0 Å². The normalized spacial score (nSPS) is 11.4. The highest BCUT2D eigenvalue weighted by Gasteiger charge is 2.20. The predicted octanol–water partition coefficient (Wildman–Crippen LogP) is 2.99. The molecule has 0 aliphatic carbocycles. The number of carbonyl (C=O) groups is 1. The third-order valence-electron chi connectivity index (χ3n) is 3.26. The van der Waals surface area contributed by atoms with Crippen LogP contribution in [0.25, 0.3) is 0 Å². The molecule has 0 saturated heterocycles. The summed E-state index contributed by atoms with van der Waals surface area (Å²) in [6.45, 7) is 5.10. The number of anilines is 1. The van der Waals surface area contributed by atoms with Crippen LogP contribution in [-0.2, 0) is 4.79 Å². The van der Waals surface area contributed by atoms with Crippen molar-refractivity contribution < 1.29 is 9.72 Å². The summed E-state index contributed by atoms with van der Waals surface area (Å²) in [5.41, 5.74) is 1.13. The number of aryl methyl sites for hydroxylation is 2. The number of thioether (sulfide) groups is 1. The number of nitrogens with one attached hydrogen (secondary N) is 1. The Hall–Kier alpha value is -2.99. The lowest BCUT2D eigenvalue weighted by Gasteiger charge is -2.13. The Morgan fingerprint density at radius 2 is 2.12 bits per heavy atom. The van der Waals surface area contributed by atoms with E-state index in [0.29, 0.717) is 27.8 Å². The second-order valence-electron chi connectivity index (χ2n) is 5.20. The molecular formula is C16H15N5O3S. The Balaban J connectivity index is 2.15. The maximum atomic E-state index is 12.3. The van der Waals surface area contributed by atoms with E-state index in [1.807, 2.05) is 0 Å². The first-order valence-electron chi connectivity index (χ1n) is 7.29. The molecule has 2 rings (SSSR count). The van der Waals surface area contributed by atoms with Crippen molar-refractivity contribution in [2.24, 2.45) is 0 Å². The van der Waals surface area contributed by atoms with Crippen molar-refractivity contribution in [3.8, 4) is 6.07 Å². The summed E-state index contributed by atoms with van der Waals surface area (Å²) in [7, 11) is 0. The SMILES string of the molecule is Cc1nc(C)c(C#N)c(SC(C)C(=O)Nc2cccc([N+](=O)[O-])c2)n1. The number of nitriles is 1. The summed E-state index contributed by atoms with van der Waals surface area (Å²) < 4.78 is 0. The number of aromatic nitrogens is 2. The van der Waals surface area contributed by atoms with Gasteiger partial charge in [-0.2, -0.15) is 5.26 Å². The van der Waals surface area contributed by atoms with E-state index in [4.69, 9.17) is 0 Å². The number of nitrogens with zero attached hydrogens (tertiary/aromatic N) is 4. The molecule has 1 unspecified atom stereocenters. The topological polar surface area (TPSA) is 122 Å². The quantitative estimate of drug-likeness (QED) is 0.378. The lowest BCUT2D eigenvalue weighted by Crippen LogP contribution is -2.22. The summed E-state index contributed by atoms with van der Waals surface area (Å²) in [6, 6.07) is 7.75. The zero-order chi connectivity index (χ0) is 18.6. The summed E-state index contributed by atoms with van der Waals surface area (Å²) in [5, 5.41) is 22.6. The number of nitro groups is 1. The smallest absolute Gasteiger partial charge is 0.271 e. The van der Waals surface area contributed by atoms with Crippen LogP contribution in [0.1, 0.15) is 24.0 Å². The van der Waals surface area contributed by atoms with Crippen LogP contribution in [-0.4, -0.2) is 26.0 Å². The fraction of sp³-hybridized carbons (Fsp3) is 0.250. The summed E-state index contributed by atoms with van der Waals surface area (Å²) in [4.78, 5) is 31.0. The molecule has 9 heteroatoms. The van der Waals surface area contributed by atoms with E-state index in [2.05, 4.69) is 21.4 Å². The predicted molar refractivity (Wildman–Crippen MR) is 93.3 cm³/mol. The number of benzene rings is 1. The van der Waals surface area contributed by atoms with Crippen molar-refractivity contribution in [1.29, 1.82) is 5.26 Å². The standard InChI is InChI=1S/C16H15N5O3S/c1-9-14(8-17)16(19-11(3)18-9)25-10(2)15(22)20-12-5-4-6-13(7-12)21(23)24/h4-7,10H,1-3H3,(H,20,22). The number of hydrogen-bond donors (Lipinski definition) is 1. The Morgan fingerprint density at radius 1 is 1.40 bits per heavy atom. The lowest BCUT2D eigenvalue weighted by molar-refractivity contribution is -0.384. The first kappa shape index (κ1) is 18.4. The highest BCUT2D eigenvalue weighted by Crippen LogP contribution is 2.27. The second-order valence-corrected chi connectivity index (χ2v) is 6.53. The van der Waals surface area contributed by atoms with Crippen molar-refractivity contribution in [3.05, 3.63) is 51.5 Å². The molecule has 1 aromatic heterocycles. The summed E-state index contributed by atoms with van der Waals surface area (Å²) >= 11 is 1.14. The molecule has 1 N–H and O–H groups in total. The van der Waals surface area contributed by atoms with Crippen LogP contribution in [0.3, 0.4) is 0 Å². The molecule has 0 aliphatic rings. The Labute approximate surface area is 148 Å². The van der Waals surface area contributed by atoms with E-state index in [-0.39, 0.29) is 11.6 Å². The molecule has 1 heterocycles. The minimum atomic E-state index is -0.555. The van der Waals surface area contributed by atoms with Crippen LogP contribution in [0.4, 0.5) is 11.4 Å². The number of rotatable bonds is 5. The average molecular weight is 357 g/mol. The van der Waals surface area contributed by atoms with Gasteiger partial charge in [0, 0.05) is 17.8 Å². The Kier molecular flexibility index (Phi) is 5.67. The van der Waals surface area contributed by atoms with Crippen LogP contribution in [0.15, 0.2) is 29.3 Å². The van der Waals surface area contributed by atoms with Gasteiger partial charge in [0.15, 0.2) is 0 Å². The molecule has 0 bridgehead atoms. The van der Waals surface area contributed by atoms with Crippen molar-refractivity contribution >= 4 is 29.0 Å². The second kappa shape index (κ2) is 7.72. The van der Waals surface area contributed by atoms with Crippen LogP contribution >= 0.6 is 11.8 Å². The Morgan fingerprint density at radius 3 is 2.76 bits per heavy atom. The third-order valence-corrected chi connectivity index (χ3v) is 4.35. The van der Waals surface area contributed by atoms with E-state index in [1.54, 1.807) is 26.8 Å². The van der Waals surface area contributed by atoms with Gasteiger partial charge in [0.2, 0.25) is 5.91 Å². The molecule has 8 nitrogen and oxygen atoms in total. The van der Waals surface area contributed by atoms with Gasteiger partial charge in [0.1, 0.15) is 22.5 Å². The van der Waals surface area contributed by atoms with Crippen LogP contribution in [0.2, 0.25) is 0 Å². The van der Waals surface area contributed by atoms with Gasteiger partial charge in [-0.3, -0.25) is 14.9 Å². The molecule has 1 aromatic carbocycles. The van der Waals surface area contributed by atoms with E-state index in [9.17, 15) is 20.2 Å². The molecule has 0 spiro atoms. The van der Waals surface area contributed by atoms with Crippen molar-refractivity contribution in [2.75, 3.05) is 5.32 Å². The summed E-state index contributed by atoms with van der Waals surface area (Å²) in [6.07, 6.45) is 0. The van der Waals surface area contributed by atoms with Gasteiger partial charge in [-0.05, 0) is 26.8 Å². The molecule has 1 atom stereocenters. The number of hydrogen-bond acceptors (Lipinski definition) is 7. The fourth-order valence-electron chi connectivity index (χ4n) is 2.06. The first-order chi connectivity index (χ1) is 11.8. The maximum Gasteiger partial charge on any atom is 0.271 e. The molecule has 0 aliphatic heterocycles. The van der Waals surface area contributed by atoms with Gasteiger partial charge in [0.25, 0.3) is 5.69 Å². The highest BCUT2D eigenvalue weighted by atomic mass is 32.2. The van der Waals surface area contributed by atoms with Crippen LogP contribution in [0, 0.1) is 35.3 Å². The van der Waals surface area contributed by atoms with Gasteiger partial charge in [-0.15, -0.1) is 0 Å². The van der Waals surface area contributed by atoms with E-state index in [1.165, 1.54) is 18.2 Å². The van der Waals surface area contributed by atoms with Crippen molar-refractivity contribution in [2.45, 2.75) is 31.0 Å². The monoisotopic (exact) mass is 357 g/mol. The van der Waals surface area contributed by atoms with Crippen molar-refractivity contribution in [1.82, 2.24) is 9.97 Å². The van der Waals surface area contributed by atoms with Gasteiger partial charge in [0.05, 0.1) is 15.9 Å². The molecule has 2 aromatic rings. The largest absolute Gasteiger partial charge is 0.325 e. The molecule has 25 heavy (non-hydrogen) atoms. The number of carbonyl (C=O) groups excluding carboxylic acids is 1. The molecule has 0 radical (unpaired) electrons. The number of nitro benzene ring substituents is 1. The highest BCUT2D eigenvalue weighted by molar-refractivity contribution is 8.00. The molecular weight excluding hydrogens is 342 g/mol. The van der Waals surface area contributed by atoms with Crippen LogP contribution in [0.5, 0.6) is 0 Å². The average Bonchev–Trinajstić information content (AvgIpc) is 2.54. The fourth-order valence-corrected chi connectivity index (χ4v) is 3.05. The summed E-state index contributed by atoms with van der Waals surface area (Å²) in [5.74, 6) is 0.175. The van der Waals surface area contributed by atoms with E-state index in [0.717, 1.165) is 11.8 Å². The minimum Gasteiger partial charge on any atom is -0.325 e. The molecule has 1 amide bonds. The maximum absolute atomic E-state index is 12.3. The van der Waals surface area contributed by atoms with Crippen molar-refractivity contribution in [3.63, 3.8) is 0 Å². The molecule has 0 saturated carbocycles. The first-order valence-corrected chi connectivity index (χ1v) is 8.17. The zero-order valence-electron chi connectivity index (χ0n) is 13.8. The van der Waals surface area contributed by atoms with Crippen LogP contribution < -0.4 is 5.32 Å². The third kappa shape index (κ3) is 4.51. The molecule has 0 fully saturated rings.